The second kappa shape index (κ2) is 8.78. The number of alkyl carbamates (subject to hydrolysis) is 1. The maximum atomic E-state index is 11.7. The number of amides is 1. The maximum absolute atomic E-state index is 11.7. The molecule has 0 aromatic rings. The molecule has 0 aromatic carbocycles. The van der Waals surface area contributed by atoms with Crippen LogP contribution in [-0.2, 0) is 4.74 Å². The van der Waals surface area contributed by atoms with Crippen molar-refractivity contribution in [2.24, 2.45) is 5.92 Å². The van der Waals surface area contributed by atoms with Crippen molar-refractivity contribution in [3.63, 3.8) is 0 Å². The van der Waals surface area contributed by atoms with Crippen LogP contribution in [0.2, 0.25) is 0 Å². The second-order valence-electron chi connectivity index (χ2n) is 6.51. The molecule has 1 amide bonds. The van der Waals surface area contributed by atoms with Gasteiger partial charge in [-0.2, -0.15) is 11.8 Å². The van der Waals surface area contributed by atoms with Crippen molar-refractivity contribution in [2.75, 3.05) is 24.6 Å². The van der Waals surface area contributed by atoms with Crippen molar-refractivity contribution in [3.05, 3.63) is 0 Å². The predicted octanol–water partition coefficient (Wildman–Crippen LogP) is 3.02. The number of hydrogen-bond donors (Lipinski definition) is 2. The lowest BCUT2D eigenvalue weighted by atomic mass is 10.1. The molecule has 2 atom stereocenters. The Labute approximate surface area is 127 Å². The fourth-order valence-corrected chi connectivity index (χ4v) is 3.51. The average molecular weight is 302 g/mol. The highest BCUT2D eigenvalue weighted by atomic mass is 32.2. The highest BCUT2D eigenvalue weighted by Crippen LogP contribution is 2.22. The fourth-order valence-electron chi connectivity index (χ4n) is 2.22. The molecule has 1 aliphatic rings. The van der Waals surface area contributed by atoms with Crippen LogP contribution in [0, 0.1) is 5.92 Å². The minimum Gasteiger partial charge on any atom is -0.444 e. The van der Waals surface area contributed by atoms with Crippen molar-refractivity contribution < 1.29 is 9.53 Å². The summed E-state index contributed by atoms with van der Waals surface area (Å²) < 4.78 is 5.26. The first-order valence-electron chi connectivity index (χ1n) is 7.68. The summed E-state index contributed by atoms with van der Waals surface area (Å²) in [6, 6.07) is 0.345. The highest BCUT2D eigenvalue weighted by Gasteiger charge is 2.19. The second-order valence-corrected chi connectivity index (χ2v) is 7.66. The van der Waals surface area contributed by atoms with Gasteiger partial charge in [0.25, 0.3) is 0 Å². The molecule has 0 bridgehead atoms. The molecule has 1 rings (SSSR count). The van der Waals surface area contributed by atoms with Crippen LogP contribution in [-0.4, -0.2) is 42.3 Å². The Morgan fingerprint density at radius 3 is 2.75 bits per heavy atom. The van der Waals surface area contributed by atoms with Crippen LogP contribution in [0.5, 0.6) is 0 Å². The molecule has 5 heteroatoms. The van der Waals surface area contributed by atoms with Crippen molar-refractivity contribution in [3.8, 4) is 0 Å². The van der Waals surface area contributed by atoms with E-state index in [1.165, 1.54) is 17.9 Å². The lowest BCUT2D eigenvalue weighted by Crippen LogP contribution is -2.44. The van der Waals surface area contributed by atoms with Gasteiger partial charge >= 0.3 is 6.09 Å². The van der Waals surface area contributed by atoms with Crippen molar-refractivity contribution in [2.45, 2.75) is 58.6 Å². The lowest BCUT2D eigenvalue weighted by molar-refractivity contribution is 0.0521. The first kappa shape index (κ1) is 17.6. The van der Waals surface area contributed by atoms with E-state index in [-0.39, 0.29) is 6.09 Å². The molecule has 0 radical (unpaired) electrons. The van der Waals surface area contributed by atoms with Gasteiger partial charge in [-0.1, -0.05) is 13.3 Å². The summed E-state index contributed by atoms with van der Waals surface area (Å²) in [7, 11) is 0. The van der Waals surface area contributed by atoms with Gasteiger partial charge in [0, 0.05) is 12.6 Å². The zero-order valence-corrected chi connectivity index (χ0v) is 14.1. The fraction of sp³-hybridized carbons (Fsp3) is 0.933. The predicted molar refractivity (Wildman–Crippen MR) is 86.4 cm³/mol. The maximum Gasteiger partial charge on any atom is 0.407 e. The van der Waals surface area contributed by atoms with E-state index in [1.807, 2.05) is 32.5 Å². The highest BCUT2D eigenvalue weighted by molar-refractivity contribution is 7.99. The minimum absolute atomic E-state index is 0.322. The van der Waals surface area contributed by atoms with Crippen LogP contribution < -0.4 is 10.6 Å². The third-order valence-corrected chi connectivity index (χ3v) is 4.48. The number of rotatable bonds is 7. The molecule has 1 fully saturated rings. The number of thioether (sulfide) groups is 1. The van der Waals surface area contributed by atoms with Gasteiger partial charge in [0.1, 0.15) is 5.60 Å². The van der Waals surface area contributed by atoms with Gasteiger partial charge in [0.05, 0.1) is 0 Å². The molecule has 2 unspecified atom stereocenters. The SMILES string of the molecule is CCCC(CNC(=O)OC(C)(C)C)NCC1CCSC1. The van der Waals surface area contributed by atoms with Crippen LogP contribution in [0.15, 0.2) is 0 Å². The van der Waals surface area contributed by atoms with Crippen LogP contribution in [0.25, 0.3) is 0 Å². The Balaban J connectivity index is 2.25. The molecule has 0 saturated carbocycles. The smallest absolute Gasteiger partial charge is 0.407 e. The largest absolute Gasteiger partial charge is 0.444 e. The van der Waals surface area contributed by atoms with Gasteiger partial charge in [0.2, 0.25) is 0 Å². The number of hydrogen-bond acceptors (Lipinski definition) is 4. The molecule has 1 heterocycles. The minimum atomic E-state index is -0.432. The molecular formula is C15H30N2O2S. The van der Waals surface area contributed by atoms with Crippen molar-refractivity contribution >= 4 is 17.9 Å². The van der Waals surface area contributed by atoms with E-state index in [2.05, 4.69) is 17.6 Å². The van der Waals surface area contributed by atoms with Crippen LogP contribution >= 0.6 is 11.8 Å². The van der Waals surface area contributed by atoms with E-state index in [0.29, 0.717) is 12.6 Å². The summed E-state index contributed by atoms with van der Waals surface area (Å²) in [6.45, 7) is 9.52. The normalized spacial score (nSPS) is 20.7. The van der Waals surface area contributed by atoms with E-state index >= 15 is 0 Å². The number of carbonyl (C=O) groups is 1. The number of nitrogens with one attached hydrogen (secondary N) is 2. The Morgan fingerprint density at radius 1 is 1.45 bits per heavy atom. The van der Waals surface area contributed by atoms with E-state index in [0.717, 1.165) is 25.3 Å². The summed E-state index contributed by atoms with van der Waals surface area (Å²) in [5.74, 6) is 3.35. The molecular weight excluding hydrogens is 272 g/mol. The van der Waals surface area contributed by atoms with Gasteiger partial charge in [-0.05, 0) is 57.6 Å². The van der Waals surface area contributed by atoms with Crippen LogP contribution in [0.3, 0.4) is 0 Å². The van der Waals surface area contributed by atoms with Crippen LogP contribution in [0.1, 0.15) is 47.0 Å². The zero-order valence-electron chi connectivity index (χ0n) is 13.3. The molecule has 2 N–H and O–H groups in total. The van der Waals surface area contributed by atoms with E-state index in [9.17, 15) is 4.79 Å². The van der Waals surface area contributed by atoms with E-state index < -0.39 is 5.60 Å². The number of ether oxygens (including phenoxy) is 1. The summed E-state index contributed by atoms with van der Waals surface area (Å²) in [5, 5.41) is 6.47. The standard InChI is InChI=1S/C15H30N2O2S/c1-5-6-13(16-9-12-7-8-20-11-12)10-17-14(18)19-15(2,3)4/h12-13,16H,5-11H2,1-4H3,(H,17,18). The third kappa shape index (κ3) is 8.00. The molecule has 118 valence electrons. The number of carbonyl (C=O) groups excluding carboxylic acids is 1. The van der Waals surface area contributed by atoms with Crippen molar-refractivity contribution in [1.82, 2.24) is 10.6 Å². The first-order valence-corrected chi connectivity index (χ1v) is 8.84. The summed E-state index contributed by atoms with van der Waals surface area (Å²) in [4.78, 5) is 11.7. The molecule has 1 aliphatic heterocycles. The van der Waals surface area contributed by atoms with Gasteiger partial charge in [0.15, 0.2) is 0 Å². The summed E-state index contributed by atoms with van der Waals surface area (Å²) in [6.07, 6.45) is 3.19. The molecule has 1 saturated heterocycles. The Hall–Kier alpha value is -0.420. The average Bonchev–Trinajstić information content (AvgIpc) is 2.83. The van der Waals surface area contributed by atoms with Crippen LogP contribution in [0.4, 0.5) is 4.79 Å². The monoisotopic (exact) mass is 302 g/mol. The van der Waals surface area contributed by atoms with Crippen molar-refractivity contribution in [1.29, 1.82) is 0 Å². The van der Waals surface area contributed by atoms with E-state index in [1.54, 1.807) is 0 Å². The first-order chi connectivity index (χ1) is 9.40. The topological polar surface area (TPSA) is 50.4 Å². The van der Waals surface area contributed by atoms with Gasteiger partial charge in [-0.25, -0.2) is 4.79 Å². The third-order valence-electron chi connectivity index (χ3n) is 3.25. The Kier molecular flexibility index (Phi) is 7.74. The van der Waals surface area contributed by atoms with Gasteiger partial charge < -0.3 is 15.4 Å². The summed E-state index contributed by atoms with van der Waals surface area (Å²) in [5.41, 5.74) is -0.432. The molecule has 0 spiro atoms. The van der Waals surface area contributed by atoms with Gasteiger partial charge in [-0.15, -0.1) is 0 Å². The molecule has 20 heavy (non-hydrogen) atoms. The summed E-state index contributed by atoms with van der Waals surface area (Å²) >= 11 is 2.04. The van der Waals surface area contributed by atoms with Gasteiger partial charge in [-0.3, -0.25) is 0 Å². The molecule has 0 aromatic heterocycles. The quantitative estimate of drug-likeness (QED) is 0.759. The Bertz CT molecular complexity index is 286. The Morgan fingerprint density at radius 2 is 2.20 bits per heavy atom. The van der Waals surface area contributed by atoms with E-state index in [4.69, 9.17) is 4.74 Å². The zero-order chi connectivity index (χ0) is 15.0. The molecule has 0 aliphatic carbocycles. The molecule has 4 nitrogen and oxygen atoms in total. The lowest BCUT2D eigenvalue weighted by Gasteiger charge is -2.23.